The van der Waals surface area contributed by atoms with E-state index in [0.717, 1.165) is 16.9 Å². The maximum absolute atomic E-state index is 6.17. The van der Waals surface area contributed by atoms with E-state index in [0.29, 0.717) is 16.5 Å². The van der Waals surface area contributed by atoms with Crippen LogP contribution in [0.3, 0.4) is 0 Å². The molecule has 0 aromatic heterocycles. The fourth-order valence-corrected chi connectivity index (χ4v) is 1.98. The molecule has 0 aliphatic rings. The topological polar surface area (TPSA) is 47.3 Å². The van der Waals surface area contributed by atoms with Crippen molar-refractivity contribution in [3.63, 3.8) is 0 Å². The van der Waals surface area contributed by atoms with E-state index >= 15 is 0 Å². The molecule has 0 saturated heterocycles. The molecule has 0 aliphatic carbocycles. The lowest BCUT2D eigenvalue weighted by Crippen LogP contribution is -1.99. The maximum Gasteiger partial charge on any atom is 0.143 e. The van der Waals surface area contributed by atoms with Crippen molar-refractivity contribution in [1.82, 2.24) is 0 Å². The van der Waals surface area contributed by atoms with Crippen LogP contribution in [0.1, 0.15) is 5.56 Å². The van der Waals surface area contributed by atoms with Crippen LogP contribution >= 0.6 is 11.6 Å². The molecule has 4 heteroatoms. The molecule has 18 heavy (non-hydrogen) atoms. The van der Waals surface area contributed by atoms with E-state index in [9.17, 15) is 0 Å². The predicted molar refractivity (Wildman–Crippen MR) is 76.9 cm³/mol. The second kappa shape index (κ2) is 5.19. The Morgan fingerprint density at radius 3 is 2.61 bits per heavy atom. The molecule has 2 rings (SSSR count). The number of nitrogens with two attached hydrogens (primary N) is 1. The van der Waals surface area contributed by atoms with E-state index in [1.54, 1.807) is 7.11 Å². The Morgan fingerprint density at radius 1 is 1.17 bits per heavy atom. The molecule has 0 fully saturated rings. The molecule has 2 aromatic rings. The molecule has 0 amide bonds. The summed E-state index contributed by atoms with van der Waals surface area (Å²) in [6, 6.07) is 11.4. The first kappa shape index (κ1) is 12.6. The zero-order valence-electron chi connectivity index (χ0n) is 10.3. The van der Waals surface area contributed by atoms with Gasteiger partial charge in [-0.1, -0.05) is 23.7 Å². The average molecular weight is 263 g/mol. The Hall–Kier alpha value is -1.87. The monoisotopic (exact) mass is 262 g/mol. The molecule has 0 unspecified atom stereocenters. The Morgan fingerprint density at radius 2 is 1.94 bits per heavy atom. The zero-order valence-corrected chi connectivity index (χ0v) is 11.1. The van der Waals surface area contributed by atoms with Crippen molar-refractivity contribution in [2.75, 3.05) is 18.2 Å². The van der Waals surface area contributed by atoms with Crippen LogP contribution in [-0.4, -0.2) is 7.11 Å². The van der Waals surface area contributed by atoms with Gasteiger partial charge < -0.3 is 15.8 Å². The first-order valence-electron chi connectivity index (χ1n) is 5.57. The fourth-order valence-electron chi connectivity index (χ4n) is 1.70. The van der Waals surface area contributed by atoms with Crippen LogP contribution in [-0.2, 0) is 0 Å². The van der Waals surface area contributed by atoms with E-state index in [-0.39, 0.29) is 0 Å². The van der Waals surface area contributed by atoms with Gasteiger partial charge in [0.1, 0.15) is 5.75 Å². The van der Waals surface area contributed by atoms with Gasteiger partial charge >= 0.3 is 0 Å². The minimum absolute atomic E-state index is 0.566. The predicted octanol–water partition coefficient (Wildman–Crippen LogP) is 3.98. The van der Waals surface area contributed by atoms with Crippen LogP contribution in [0, 0.1) is 6.92 Å². The fraction of sp³-hybridized carbons (Fsp3) is 0.143. The summed E-state index contributed by atoms with van der Waals surface area (Å²) in [5.74, 6) is 0.642. The lowest BCUT2D eigenvalue weighted by molar-refractivity contribution is 0.417. The summed E-state index contributed by atoms with van der Waals surface area (Å²) in [6.45, 7) is 2.00. The van der Waals surface area contributed by atoms with Crippen molar-refractivity contribution >= 4 is 28.7 Å². The number of nitrogen functional groups attached to an aromatic ring is 1. The summed E-state index contributed by atoms with van der Waals surface area (Å²) < 4.78 is 5.17. The molecule has 0 bridgehead atoms. The number of rotatable bonds is 3. The molecular weight excluding hydrogens is 248 g/mol. The van der Waals surface area contributed by atoms with Gasteiger partial charge in [0, 0.05) is 0 Å². The summed E-state index contributed by atoms with van der Waals surface area (Å²) in [5.41, 5.74) is 9.27. The normalized spacial score (nSPS) is 10.2. The van der Waals surface area contributed by atoms with Crippen molar-refractivity contribution < 1.29 is 4.74 Å². The second-order valence-electron chi connectivity index (χ2n) is 4.03. The maximum atomic E-state index is 6.17. The molecule has 0 aliphatic heterocycles. The first-order valence-corrected chi connectivity index (χ1v) is 5.95. The SMILES string of the molecule is COc1cccc(Nc2ccc(C)cc2Cl)c1N. The zero-order chi connectivity index (χ0) is 13.1. The summed E-state index contributed by atoms with van der Waals surface area (Å²) >= 11 is 6.17. The van der Waals surface area contributed by atoms with E-state index < -0.39 is 0 Å². The van der Waals surface area contributed by atoms with Crippen molar-refractivity contribution in [2.24, 2.45) is 0 Å². The summed E-state index contributed by atoms with van der Waals surface area (Å²) in [6.07, 6.45) is 0. The van der Waals surface area contributed by atoms with Gasteiger partial charge in [-0.15, -0.1) is 0 Å². The smallest absolute Gasteiger partial charge is 0.143 e. The van der Waals surface area contributed by atoms with Crippen LogP contribution in [0.5, 0.6) is 5.75 Å². The van der Waals surface area contributed by atoms with Gasteiger partial charge in [-0.3, -0.25) is 0 Å². The summed E-state index contributed by atoms with van der Waals surface area (Å²) in [4.78, 5) is 0. The summed E-state index contributed by atoms with van der Waals surface area (Å²) in [7, 11) is 1.59. The standard InChI is InChI=1S/C14H15ClN2O/c1-9-6-7-11(10(15)8-9)17-12-4-3-5-13(18-2)14(12)16/h3-8,17H,16H2,1-2H3. The number of anilines is 3. The molecule has 0 spiro atoms. The first-order chi connectivity index (χ1) is 8.61. The number of para-hydroxylation sites is 1. The quantitative estimate of drug-likeness (QED) is 0.823. The molecular formula is C14H15ClN2O. The number of benzene rings is 2. The van der Waals surface area contributed by atoms with E-state index in [1.165, 1.54) is 0 Å². The van der Waals surface area contributed by atoms with Crippen molar-refractivity contribution in [3.05, 3.63) is 47.0 Å². The molecule has 0 saturated carbocycles. The minimum atomic E-state index is 0.566. The molecule has 3 nitrogen and oxygen atoms in total. The van der Waals surface area contributed by atoms with Gasteiger partial charge in [0.25, 0.3) is 0 Å². The number of hydrogen-bond acceptors (Lipinski definition) is 3. The Bertz CT molecular complexity index is 570. The highest BCUT2D eigenvalue weighted by Crippen LogP contribution is 2.33. The Balaban J connectivity index is 2.34. The summed E-state index contributed by atoms with van der Waals surface area (Å²) in [5, 5.41) is 3.87. The van der Waals surface area contributed by atoms with Crippen molar-refractivity contribution in [2.45, 2.75) is 6.92 Å². The minimum Gasteiger partial charge on any atom is -0.495 e. The van der Waals surface area contributed by atoms with E-state index in [2.05, 4.69) is 5.32 Å². The third-order valence-electron chi connectivity index (χ3n) is 2.68. The Labute approximate surface area is 112 Å². The number of nitrogens with one attached hydrogen (secondary N) is 1. The van der Waals surface area contributed by atoms with Gasteiger partial charge in [-0.25, -0.2) is 0 Å². The highest BCUT2D eigenvalue weighted by Gasteiger charge is 2.07. The number of ether oxygens (including phenoxy) is 1. The van der Waals surface area contributed by atoms with Crippen LogP contribution < -0.4 is 15.8 Å². The van der Waals surface area contributed by atoms with Crippen molar-refractivity contribution in [3.8, 4) is 5.75 Å². The molecule has 94 valence electrons. The number of methoxy groups -OCH3 is 1. The van der Waals surface area contributed by atoms with Crippen LogP contribution in [0.25, 0.3) is 0 Å². The van der Waals surface area contributed by atoms with Crippen LogP contribution in [0.15, 0.2) is 36.4 Å². The van der Waals surface area contributed by atoms with Crippen LogP contribution in [0.2, 0.25) is 5.02 Å². The highest BCUT2D eigenvalue weighted by atomic mass is 35.5. The third kappa shape index (κ3) is 2.51. The molecule has 3 N–H and O–H groups in total. The lowest BCUT2D eigenvalue weighted by Gasteiger charge is -2.13. The number of aryl methyl sites for hydroxylation is 1. The lowest BCUT2D eigenvalue weighted by atomic mass is 10.2. The second-order valence-corrected chi connectivity index (χ2v) is 4.44. The van der Waals surface area contributed by atoms with Gasteiger partial charge in [0.2, 0.25) is 0 Å². The molecule has 0 atom stereocenters. The van der Waals surface area contributed by atoms with Crippen molar-refractivity contribution in [1.29, 1.82) is 0 Å². The average Bonchev–Trinajstić information content (AvgIpc) is 2.35. The van der Waals surface area contributed by atoms with Gasteiger partial charge in [0.05, 0.1) is 29.2 Å². The molecule has 0 radical (unpaired) electrons. The number of hydrogen-bond donors (Lipinski definition) is 2. The van der Waals surface area contributed by atoms with Crippen LogP contribution in [0.4, 0.5) is 17.1 Å². The van der Waals surface area contributed by atoms with Gasteiger partial charge in [-0.05, 0) is 36.8 Å². The highest BCUT2D eigenvalue weighted by molar-refractivity contribution is 6.33. The molecule has 2 aromatic carbocycles. The number of halogens is 1. The van der Waals surface area contributed by atoms with E-state index in [1.807, 2.05) is 43.3 Å². The Kier molecular flexibility index (Phi) is 3.63. The van der Waals surface area contributed by atoms with Gasteiger partial charge in [0.15, 0.2) is 0 Å². The van der Waals surface area contributed by atoms with E-state index in [4.69, 9.17) is 22.1 Å². The third-order valence-corrected chi connectivity index (χ3v) is 2.99. The largest absolute Gasteiger partial charge is 0.495 e. The molecule has 0 heterocycles. The van der Waals surface area contributed by atoms with Gasteiger partial charge in [-0.2, -0.15) is 0 Å².